The van der Waals surface area contributed by atoms with Crippen LogP contribution < -0.4 is 4.72 Å². The summed E-state index contributed by atoms with van der Waals surface area (Å²) in [5, 5.41) is 0. The number of nitrogens with one attached hydrogen (secondary N) is 1. The normalized spacial score (nSPS) is 13.8. The number of hydrogen-bond acceptors (Lipinski definition) is 3. The molecule has 6 heteroatoms. The van der Waals surface area contributed by atoms with Gasteiger partial charge in [-0.3, -0.25) is 0 Å². The smallest absolute Gasteiger partial charge is 0.241 e. The SMILES string of the molecule is Cc1ccc(S(=O)(=O)N[C@@H](c2cccc(Br)n2)C(C)(C)C)cc1. The Labute approximate surface area is 146 Å². The summed E-state index contributed by atoms with van der Waals surface area (Å²) < 4.78 is 28.9. The summed E-state index contributed by atoms with van der Waals surface area (Å²) in [6.45, 7) is 7.88. The highest BCUT2D eigenvalue weighted by molar-refractivity contribution is 9.10. The molecule has 0 spiro atoms. The third kappa shape index (κ3) is 4.62. The minimum absolute atomic E-state index is 0.257. The van der Waals surface area contributed by atoms with Gasteiger partial charge in [-0.1, -0.05) is 44.5 Å². The molecule has 0 saturated heterocycles. The van der Waals surface area contributed by atoms with E-state index in [1.807, 2.05) is 45.9 Å². The van der Waals surface area contributed by atoms with Crippen molar-refractivity contribution in [3.8, 4) is 0 Å². The maximum absolute atomic E-state index is 12.7. The van der Waals surface area contributed by atoms with Crippen LogP contribution >= 0.6 is 15.9 Å². The zero-order valence-electron chi connectivity index (χ0n) is 13.7. The Balaban J connectivity index is 2.40. The Morgan fingerprint density at radius 1 is 1.09 bits per heavy atom. The Bertz CT molecular complexity index is 781. The lowest BCUT2D eigenvalue weighted by molar-refractivity contribution is 0.298. The molecule has 0 saturated carbocycles. The number of aromatic nitrogens is 1. The third-order valence-electron chi connectivity index (χ3n) is 3.50. The summed E-state index contributed by atoms with van der Waals surface area (Å²) in [5.41, 5.74) is 1.37. The molecule has 0 aliphatic heterocycles. The second-order valence-electron chi connectivity index (χ2n) is 6.62. The minimum atomic E-state index is -3.63. The van der Waals surface area contributed by atoms with Crippen molar-refractivity contribution in [3.05, 3.63) is 58.3 Å². The van der Waals surface area contributed by atoms with Gasteiger partial charge in [-0.2, -0.15) is 0 Å². The molecule has 4 nitrogen and oxygen atoms in total. The number of nitrogens with zero attached hydrogens (tertiary/aromatic N) is 1. The predicted octanol–water partition coefficient (Wildman–Crippen LogP) is 4.22. The molecule has 0 aliphatic rings. The summed E-state index contributed by atoms with van der Waals surface area (Å²) >= 11 is 3.34. The largest absolute Gasteiger partial charge is 0.244 e. The van der Waals surface area contributed by atoms with Crippen molar-refractivity contribution in [2.45, 2.75) is 38.6 Å². The van der Waals surface area contributed by atoms with Crippen molar-refractivity contribution in [2.75, 3.05) is 0 Å². The Morgan fingerprint density at radius 2 is 1.70 bits per heavy atom. The minimum Gasteiger partial charge on any atom is -0.244 e. The van der Waals surface area contributed by atoms with Crippen LogP contribution in [0.5, 0.6) is 0 Å². The van der Waals surface area contributed by atoms with Crippen LogP contribution in [0, 0.1) is 12.3 Å². The van der Waals surface area contributed by atoms with Crippen LogP contribution in [0.2, 0.25) is 0 Å². The van der Waals surface area contributed by atoms with Crippen molar-refractivity contribution in [3.63, 3.8) is 0 Å². The zero-order valence-corrected chi connectivity index (χ0v) is 16.1. The first kappa shape index (κ1) is 18.1. The van der Waals surface area contributed by atoms with E-state index < -0.39 is 16.1 Å². The first-order valence-electron chi connectivity index (χ1n) is 7.31. The van der Waals surface area contributed by atoms with Crippen molar-refractivity contribution in [1.29, 1.82) is 0 Å². The van der Waals surface area contributed by atoms with Crippen LogP contribution in [0.4, 0.5) is 0 Å². The highest BCUT2D eigenvalue weighted by atomic mass is 79.9. The maximum atomic E-state index is 12.7. The monoisotopic (exact) mass is 396 g/mol. The molecule has 0 amide bonds. The molecule has 2 aromatic rings. The van der Waals surface area contributed by atoms with Crippen molar-refractivity contribution in [2.24, 2.45) is 5.41 Å². The highest BCUT2D eigenvalue weighted by Crippen LogP contribution is 2.33. The molecule has 1 aromatic heterocycles. The lowest BCUT2D eigenvalue weighted by Crippen LogP contribution is -2.37. The number of hydrogen-bond donors (Lipinski definition) is 1. The molecule has 0 bridgehead atoms. The van der Waals surface area contributed by atoms with E-state index in [1.54, 1.807) is 24.3 Å². The van der Waals surface area contributed by atoms with Crippen LogP contribution in [0.15, 0.2) is 52.0 Å². The van der Waals surface area contributed by atoms with E-state index in [0.717, 1.165) is 5.56 Å². The fraction of sp³-hybridized carbons (Fsp3) is 0.353. The molecular formula is C17H21BrN2O2S. The molecule has 124 valence electrons. The van der Waals surface area contributed by atoms with E-state index in [9.17, 15) is 8.42 Å². The number of benzene rings is 1. The molecule has 23 heavy (non-hydrogen) atoms. The predicted molar refractivity (Wildman–Crippen MR) is 95.6 cm³/mol. The highest BCUT2D eigenvalue weighted by Gasteiger charge is 2.32. The van der Waals surface area contributed by atoms with Gasteiger partial charge in [0, 0.05) is 0 Å². The fourth-order valence-corrected chi connectivity index (χ4v) is 3.98. The molecule has 1 heterocycles. The third-order valence-corrected chi connectivity index (χ3v) is 5.38. The van der Waals surface area contributed by atoms with Crippen LogP contribution in [0.3, 0.4) is 0 Å². The zero-order chi connectivity index (χ0) is 17.3. The number of pyridine rings is 1. The molecular weight excluding hydrogens is 376 g/mol. The summed E-state index contributed by atoms with van der Waals surface area (Å²) in [7, 11) is -3.63. The Hall–Kier alpha value is -1.24. The van der Waals surface area contributed by atoms with Gasteiger partial charge in [-0.05, 0) is 52.5 Å². The standard InChI is InChI=1S/C17H21BrN2O2S/c1-12-8-10-13(11-9-12)23(21,22)20-16(17(2,3)4)14-6-5-7-15(18)19-14/h5-11,16,20H,1-4H3/t16-/m0/s1. The fourth-order valence-electron chi connectivity index (χ4n) is 2.21. The maximum Gasteiger partial charge on any atom is 0.241 e. The average Bonchev–Trinajstić information content (AvgIpc) is 2.44. The van der Waals surface area contributed by atoms with E-state index in [2.05, 4.69) is 25.6 Å². The van der Waals surface area contributed by atoms with Crippen molar-refractivity contribution in [1.82, 2.24) is 9.71 Å². The summed E-state index contributed by atoms with van der Waals surface area (Å²) in [6, 6.07) is 11.9. The summed E-state index contributed by atoms with van der Waals surface area (Å²) in [5.74, 6) is 0. The van der Waals surface area contributed by atoms with Crippen LogP contribution in [0.25, 0.3) is 0 Å². The van der Waals surface area contributed by atoms with Gasteiger partial charge in [0.2, 0.25) is 10.0 Å². The molecule has 0 fully saturated rings. The van der Waals surface area contributed by atoms with E-state index in [-0.39, 0.29) is 10.3 Å². The Kier molecular flexibility index (Phi) is 5.28. The lowest BCUT2D eigenvalue weighted by atomic mass is 9.85. The summed E-state index contributed by atoms with van der Waals surface area (Å²) in [6.07, 6.45) is 0. The number of aryl methyl sites for hydroxylation is 1. The van der Waals surface area contributed by atoms with E-state index in [4.69, 9.17) is 0 Å². The molecule has 0 radical (unpaired) electrons. The number of halogens is 1. The number of sulfonamides is 1. The van der Waals surface area contributed by atoms with Crippen LogP contribution in [-0.4, -0.2) is 13.4 Å². The van der Waals surface area contributed by atoms with Crippen molar-refractivity contribution >= 4 is 26.0 Å². The summed E-state index contributed by atoms with van der Waals surface area (Å²) in [4.78, 5) is 4.68. The average molecular weight is 397 g/mol. The van der Waals surface area contributed by atoms with E-state index >= 15 is 0 Å². The van der Waals surface area contributed by atoms with E-state index in [1.165, 1.54) is 0 Å². The Morgan fingerprint density at radius 3 is 2.22 bits per heavy atom. The van der Waals surface area contributed by atoms with Gasteiger partial charge < -0.3 is 0 Å². The van der Waals surface area contributed by atoms with E-state index in [0.29, 0.717) is 10.3 Å². The quantitative estimate of drug-likeness (QED) is 0.786. The molecule has 0 unspecified atom stereocenters. The molecule has 2 rings (SSSR count). The second-order valence-corrected chi connectivity index (χ2v) is 9.15. The lowest BCUT2D eigenvalue weighted by Gasteiger charge is -2.31. The molecule has 1 aromatic carbocycles. The van der Waals surface area contributed by atoms with Crippen molar-refractivity contribution < 1.29 is 8.42 Å². The first-order chi connectivity index (χ1) is 10.6. The van der Waals surface area contributed by atoms with Crippen LogP contribution in [-0.2, 0) is 10.0 Å². The van der Waals surface area contributed by atoms with Gasteiger partial charge in [0.1, 0.15) is 4.60 Å². The van der Waals surface area contributed by atoms with Gasteiger partial charge in [-0.25, -0.2) is 18.1 Å². The van der Waals surface area contributed by atoms with Gasteiger partial charge in [-0.15, -0.1) is 0 Å². The number of rotatable bonds is 4. The first-order valence-corrected chi connectivity index (χ1v) is 9.59. The molecule has 1 N–H and O–H groups in total. The molecule has 0 aliphatic carbocycles. The van der Waals surface area contributed by atoms with Gasteiger partial charge in [0.25, 0.3) is 0 Å². The topological polar surface area (TPSA) is 59.1 Å². The molecule has 1 atom stereocenters. The second kappa shape index (κ2) is 6.71. The van der Waals surface area contributed by atoms with Gasteiger partial charge in [0.05, 0.1) is 16.6 Å². The van der Waals surface area contributed by atoms with Crippen LogP contribution in [0.1, 0.15) is 38.1 Å². The van der Waals surface area contributed by atoms with Gasteiger partial charge in [0.15, 0.2) is 0 Å². The van der Waals surface area contributed by atoms with Gasteiger partial charge >= 0.3 is 0 Å².